The van der Waals surface area contributed by atoms with Gasteiger partial charge >= 0.3 is 0 Å². The van der Waals surface area contributed by atoms with Gasteiger partial charge in [0.2, 0.25) is 0 Å². The Morgan fingerprint density at radius 2 is 2.33 bits per heavy atom. The molecule has 0 aromatic carbocycles. The summed E-state index contributed by atoms with van der Waals surface area (Å²) in [7, 11) is 0. The van der Waals surface area contributed by atoms with Gasteiger partial charge in [-0.25, -0.2) is 0 Å². The Hall–Kier alpha value is -0.0800. The molecule has 1 N–H and O–H groups in total. The summed E-state index contributed by atoms with van der Waals surface area (Å²) in [5.74, 6) is 0.798. The van der Waals surface area contributed by atoms with Crippen molar-refractivity contribution in [3.63, 3.8) is 0 Å². The van der Waals surface area contributed by atoms with E-state index in [1.807, 2.05) is 0 Å². The van der Waals surface area contributed by atoms with Crippen LogP contribution in [-0.2, 0) is 4.74 Å². The van der Waals surface area contributed by atoms with E-state index in [9.17, 15) is 0 Å². The van der Waals surface area contributed by atoms with Gasteiger partial charge in [0.25, 0.3) is 0 Å². The Kier molecular flexibility index (Phi) is 2.37. The number of ether oxygens (including phenoxy) is 1. The van der Waals surface area contributed by atoms with E-state index in [1.54, 1.807) is 0 Å². The van der Waals surface area contributed by atoms with E-state index >= 15 is 0 Å². The summed E-state index contributed by atoms with van der Waals surface area (Å²) in [6, 6.07) is 0. The average Bonchev–Trinajstić information content (AvgIpc) is 2.12. The van der Waals surface area contributed by atoms with Crippen LogP contribution in [0.15, 0.2) is 0 Å². The van der Waals surface area contributed by atoms with Crippen LogP contribution in [0.4, 0.5) is 0 Å². The first-order valence-electron chi connectivity index (χ1n) is 5.12. The summed E-state index contributed by atoms with van der Waals surface area (Å²) in [6.07, 6.45) is 3.97. The first kappa shape index (κ1) is 8.52. The topological polar surface area (TPSA) is 21.3 Å². The van der Waals surface area contributed by atoms with E-state index in [4.69, 9.17) is 4.74 Å². The molecule has 1 spiro atoms. The first-order valence-corrected chi connectivity index (χ1v) is 5.12. The molecule has 2 aliphatic rings. The standard InChI is InChI=1S/C10H19NO/c1-9-7-11-5-4-10(9)3-2-6-12-8-10/h9,11H,2-8H2,1H3. The molecule has 0 amide bonds. The predicted molar refractivity (Wildman–Crippen MR) is 49.1 cm³/mol. The van der Waals surface area contributed by atoms with Crippen LogP contribution in [-0.4, -0.2) is 26.3 Å². The maximum Gasteiger partial charge on any atom is 0.0525 e. The zero-order valence-electron chi connectivity index (χ0n) is 7.94. The Labute approximate surface area is 74.7 Å². The molecule has 0 aliphatic carbocycles. The minimum atomic E-state index is 0.531. The Balaban J connectivity index is 2.04. The summed E-state index contributed by atoms with van der Waals surface area (Å²) in [6.45, 7) is 6.73. The van der Waals surface area contributed by atoms with Crippen LogP contribution >= 0.6 is 0 Å². The van der Waals surface area contributed by atoms with Crippen LogP contribution in [0.25, 0.3) is 0 Å². The number of hydrogen-bond donors (Lipinski definition) is 1. The highest BCUT2D eigenvalue weighted by atomic mass is 16.5. The highest BCUT2D eigenvalue weighted by molar-refractivity contribution is 4.90. The number of piperidine rings is 1. The summed E-state index contributed by atoms with van der Waals surface area (Å²) < 4.78 is 5.61. The lowest BCUT2D eigenvalue weighted by atomic mass is 9.68. The molecule has 2 saturated heterocycles. The second-order valence-corrected chi connectivity index (χ2v) is 4.37. The van der Waals surface area contributed by atoms with Gasteiger partial charge in [-0.2, -0.15) is 0 Å². The smallest absolute Gasteiger partial charge is 0.0525 e. The lowest BCUT2D eigenvalue weighted by Gasteiger charge is -2.45. The van der Waals surface area contributed by atoms with Crippen molar-refractivity contribution >= 4 is 0 Å². The van der Waals surface area contributed by atoms with Crippen LogP contribution < -0.4 is 5.32 Å². The fraction of sp³-hybridized carbons (Fsp3) is 1.00. The van der Waals surface area contributed by atoms with E-state index in [1.165, 1.54) is 32.4 Å². The van der Waals surface area contributed by atoms with Crippen molar-refractivity contribution in [2.75, 3.05) is 26.3 Å². The second kappa shape index (κ2) is 3.35. The van der Waals surface area contributed by atoms with Gasteiger partial charge in [-0.05, 0) is 43.7 Å². The Morgan fingerprint density at radius 3 is 3.00 bits per heavy atom. The summed E-state index contributed by atoms with van der Waals surface area (Å²) in [4.78, 5) is 0. The molecule has 0 radical (unpaired) electrons. The zero-order chi connectivity index (χ0) is 8.44. The molecule has 2 rings (SSSR count). The Morgan fingerprint density at radius 1 is 1.42 bits per heavy atom. The summed E-state index contributed by atoms with van der Waals surface area (Å²) in [5.41, 5.74) is 0.531. The molecule has 0 aromatic heterocycles. The van der Waals surface area contributed by atoms with Crippen molar-refractivity contribution in [2.24, 2.45) is 11.3 Å². The molecule has 70 valence electrons. The molecule has 0 saturated carbocycles. The van der Waals surface area contributed by atoms with Gasteiger partial charge in [-0.1, -0.05) is 6.92 Å². The van der Waals surface area contributed by atoms with Crippen molar-refractivity contribution in [3.8, 4) is 0 Å². The molecule has 0 aromatic rings. The van der Waals surface area contributed by atoms with Gasteiger partial charge in [0.05, 0.1) is 6.61 Å². The van der Waals surface area contributed by atoms with Crippen LogP contribution in [0.5, 0.6) is 0 Å². The maximum atomic E-state index is 5.61. The molecular weight excluding hydrogens is 150 g/mol. The van der Waals surface area contributed by atoms with Gasteiger partial charge in [-0.15, -0.1) is 0 Å². The largest absolute Gasteiger partial charge is 0.381 e. The van der Waals surface area contributed by atoms with E-state index in [0.29, 0.717) is 5.41 Å². The molecule has 2 heteroatoms. The number of nitrogens with one attached hydrogen (secondary N) is 1. The normalized spacial score (nSPS) is 43.2. The Bertz CT molecular complexity index is 144. The fourth-order valence-electron chi connectivity index (χ4n) is 2.58. The molecule has 2 unspecified atom stereocenters. The lowest BCUT2D eigenvalue weighted by Crippen LogP contribution is -2.48. The highest BCUT2D eigenvalue weighted by Crippen LogP contribution is 2.40. The third-order valence-electron chi connectivity index (χ3n) is 3.65. The minimum Gasteiger partial charge on any atom is -0.381 e. The molecule has 2 heterocycles. The van der Waals surface area contributed by atoms with Crippen LogP contribution in [0, 0.1) is 11.3 Å². The lowest BCUT2D eigenvalue weighted by molar-refractivity contribution is -0.0524. The fourth-order valence-corrected chi connectivity index (χ4v) is 2.58. The number of hydrogen-bond acceptors (Lipinski definition) is 2. The van der Waals surface area contributed by atoms with E-state index in [0.717, 1.165) is 19.1 Å². The van der Waals surface area contributed by atoms with E-state index in [-0.39, 0.29) is 0 Å². The van der Waals surface area contributed by atoms with Gasteiger partial charge in [-0.3, -0.25) is 0 Å². The predicted octanol–water partition coefficient (Wildman–Crippen LogP) is 1.41. The van der Waals surface area contributed by atoms with E-state index < -0.39 is 0 Å². The second-order valence-electron chi connectivity index (χ2n) is 4.37. The zero-order valence-corrected chi connectivity index (χ0v) is 7.94. The molecule has 2 aliphatic heterocycles. The molecule has 12 heavy (non-hydrogen) atoms. The van der Waals surface area contributed by atoms with Crippen molar-refractivity contribution in [1.29, 1.82) is 0 Å². The van der Waals surface area contributed by atoms with Gasteiger partial charge in [0.15, 0.2) is 0 Å². The first-order chi connectivity index (χ1) is 5.83. The summed E-state index contributed by atoms with van der Waals surface area (Å²) >= 11 is 0. The van der Waals surface area contributed by atoms with Crippen LogP contribution in [0.1, 0.15) is 26.2 Å². The molecule has 2 nitrogen and oxygen atoms in total. The molecular formula is C10H19NO. The highest BCUT2D eigenvalue weighted by Gasteiger charge is 2.39. The van der Waals surface area contributed by atoms with E-state index in [2.05, 4.69) is 12.2 Å². The van der Waals surface area contributed by atoms with Gasteiger partial charge in [0.1, 0.15) is 0 Å². The molecule has 2 atom stereocenters. The SMILES string of the molecule is CC1CNCCC12CCCOC2. The average molecular weight is 169 g/mol. The summed E-state index contributed by atoms with van der Waals surface area (Å²) in [5, 5.41) is 3.45. The quantitative estimate of drug-likeness (QED) is 0.592. The van der Waals surface area contributed by atoms with Crippen LogP contribution in [0.2, 0.25) is 0 Å². The van der Waals surface area contributed by atoms with Crippen molar-refractivity contribution in [1.82, 2.24) is 5.32 Å². The third kappa shape index (κ3) is 1.38. The monoisotopic (exact) mass is 169 g/mol. The molecule has 0 bridgehead atoms. The minimum absolute atomic E-state index is 0.531. The van der Waals surface area contributed by atoms with Crippen molar-refractivity contribution in [2.45, 2.75) is 26.2 Å². The third-order valence-corrected chi connectivity index (χ3v) is 3.65. The number of rotatable bonds is 0. The van der Waals surface area contributed by atoms with Gasteiger partial charge in [0, 0.05) is 6.61 Å². The van der Waals surface area contributed by atoms with Crippen LogP contribution in [0.3, 0.4) is 0 Å². The van der Waals surface area contributed by atoms with Crippen molar-refractivity contribution < 1.29 is 4.74 Å². The maximum absolute atomic E-state index is 5.61. The molecule has 2 fully saturated rings. The van der Waals surface area contributed by atoms with Crippen molar-refractivity contribution in [3.05, 3.63) is 0 Å². The van der Waals surface area contributed by atoms with Gasteiger partial charge < -0.3 is 10.1 Å².